The number of rotatable bonds is 7. The molecule has 1 N–H and O–H groups in total. The van der Waals surface area contributed by atoms with Crippen LogP contribution in [0.2, 0.25) is 0 Å². The molecule has 1 aliphatic rings. The Kier molecular flexibility index (Phi) is 5.20. The highest BCUT2D eigenvalue weighted by Gasteiger charge is 2.22. The van der Waals surface area contributed by atoms with Gasteiger partial charge in [-0.1, -0.05) is 6.42 Å². The maximum atomic E-state index is 9.24. The van der Waals surface area contributed by atoms with Crippen LogP contribution in [0.4, 0.5) is 0 Å². The van der Waals surface area contributed by atoms with E-state index in [4.69, 9.17) is 0 Å². The molecule has 0 bridgehead atoms. The molecule has 0 radical (unpaired) electrons. The van der Waals surface area contributed by atoms with Gasteiger partial charge in [0.15, 0.2) is 0 Å². The summed E-state index contributed by atoms with van der Waals surface area (Å²) in [6, 6.07) is 0.429. The first-order chi connectivity index (χ1) is 8.79. The van der Waals surface area contributed by atoms with Crippen LogP contribution >= 0.6 is 0 Å². The highest BCUT2D eigenvalue weighted by atomic mass is 16.3. The second-order valence-corrected chi connectivity index (χ2v) is 5.36. The minimum atomic E-state index is 0.326. The van der Waals surface area contributed by atoms with Gasteiger partial charge in [0.05, 0.1) is 12.8 Å². The number of aliphatic hydroxyl groups excluding tert-OH is 1. The molecule has 1 aliphatic heterocycles. The van der Waals surface area contributed by atoms with Crippen molar-refractivity contribution < 1.29 is 5.11 Å². The van der Waals surface area contributed by atoms with E-state index in [2.05, 4.69) is 23.1 Å². The second-order valence-electron chi connectivity index (χ2n) is 5.36. The Morgan fingerprint density at radius 2 is 2.17 bits per heavy atom. The van der Waals surface area contributed by atoms with E-state index < -0.39 is 0 Å². The third-order valence-electron chi connectivity index (χ3n) is 3.80. The van der Waals surface area contributed by atoms with Crippen LogP contribution in [0, 0.1) is 6.92 Å². The molecule has 4 heteroatoms. The van der Waals surface area contributed by atoms with Crippen molar-refractivity contribution in [2.24, 2.45) is 0 Å². The van der Waals surface area contributed by atoms with E-state index in [0.29, 0.717) is 12.6 Å². The van der Waals surface area contributed by atoms with Crippen LogP contribution in [0.5, 0.6) is 0 Å². The summed E-state index contributed by atoms with van der Waals surface area (Å²) in [5.41, 5.74) is 1.23. The van der Waals surface area contributed by atoms with Gasteiger partial charge < -0.3 is 5.11 Å². The van der Waals surface area contributed by atoms with Crippen LogP contribution in [-0.4, -0.2) is 45.5 Å². The normalized spacial score (nSPS) is 20.7. The molecule has 2 heterocycles. The van der Waals surface area contributed by atoms with Gasteiger partial charge >= 0.3 is 0 Å². The molecule has 0 unspecified atom stereocenters. The van der Waals surface area contributed by atoms with Crippen molar-refractivity contribution in [1.29, 1.82) is 0 Å². The molecule has 102 valence electrons. The quantitative estimate of drug-likeness (QED) is 0.752. The molecule has 2 rings (SSSR count). The number of hydrogen-bond donors (Lipinski definition) is 1. The second kappa shape index (κ2) is 6.90. The van der Waals surface area contributed by atoms with E-state index >= 15 is 0 Å². The third kappa shape index (κ3) is 3.82. The van der Waals surface area contributed by atoms with E-state index in [1.807, 2.05) is 10.9 Å². The Morgan fingerprint density at radius 3 is 2.89 bits per heavy atom. The molecule has 1 aromatic rings. The largest absolute Gasteiger partial charge is 0.395 e. The highest BCUT2D eigenvalue weighted by molar-refractivity contribution is 4.99. The molecular formula is C14H25N3O. The van der Waals surface area contributed by atoms with Crippen molar-refractivity contribution in [3.05, 3.63) is 18.0 Å². The predicted octanol–water partition coefficient (Wildman–Crippen LogP) is 1.82. The van der Waals surface area contributed by atoms with Crippen molar-refractivity contribution in [2.75, 3.05) is 19.7 Å². The number of likely N-dealkylation sites (tertiary alicyclic amines) is 1. The Bertz CT molecular complexity index is 351. The van der Waals surface area contributed by atoms with Gasteiger partial charge in [-0.15, -0.1) is 0 Å². The molecule has 0 aromatic carbocycles. The zero-order chi connectivity index (χ0) is 12.8. The first-order valence-electron chi connectivity index (χ1n) is 7.13. The summed E-state index contributed by atoms with van der Waals surface area (Å²) >= 11 is 0. The lowest BCUT2D eigenvalue weighted by Crippen LogP contribution is -2.32. The Balaban J connectivity index is 1.56. The van der Waals surface area contributed by atoms with E-state index in [1.165, 1.54) is 44.2 Å². The lowest BCUT2D eigenvalue weighted by molar-refractivity contribution is 0.157. The fourth-order valence-corrected chi connectivity index (χ4v) is 2.75. The third-order valence-corrected chi connectivity index (χ3v) is 3.80. The van der Waals surface area contributed by atoms with Crippen LogP contribution in [0.15, 0.2) is 12.4 Å². The van der Waals surface area contributed by atoms with E-state index in [0.717, 1.165) is 13.1 Å². The summed E-state index contributed by atoms with van der Waals surface area (Å²) in [5, 5.41) is 13.5. The average molecular weight is 251 g/mol. The molecule has 0 saturated carbocycles. The van der Waals surface area contributed by atoms with Crippen molar-refractivity contribution in [3.63, 3.8) is 0 Å². The van der Waals surface area contributed by atoms with Crippen LogP contribution in [0.25, 0.3) is 0 Å². The Morgan fingerprint density at radius 1 is 1.33 bits per heavy atom. The number of aryl methyl sites for hydroxylation is 2. The number of hydrogen-bond acceptors (Lipinski definition) is 3. The van der Waals surface area contributed by atoms with Gasteiger partial charge in [0.25, 0.3) is 0 Å². The molecule has 0 amide bonds. The summed E-state index contributed by atoms with van der Waals surface area (Å²) in [7, 11) is 0. The smallest absolute Gasteiger partial charge is 0.0586 e. The lowest BCUT2D eigenvalue weighted by atomic mass is 10.2. The molecule has 0 aliphatic carbocycles. The van der Waals surface area contributed by atoms with Crippen molar-refractivity contribution in [1.82, 2.24) is 14.7 Å². The van der Waals surface area contributed by atoms with Crippen molar-refractivity contribution in [2.45, 2.75) is 51.6 Å². The molecule has 1 fully saturated rings. The van der Waals surface area contributed by atoms with Gasteiger partial charge in [-0.25, -0.2) is 0 Å². The van der Waals surface area contributed by atoms with Crippen LogP contribution in [0.3, 0.4) is 0 Å². The first kappa shape index (κ1) is 13.6. The molecule has 1 saturated heterocycles. The van der Waals surface area contributed by atoms with Crippen molar-refractivity contribution >= 4 is 0 Å². The summed E-state index contributed by atoms with van der Waals surface area (Å²) in [6.07, 6.45) is 10.1. The number of aromatic nitrogens is 2. The number of unbranched alkanes of at least 4 members (excludes halogenated alkanes) is 2. The fraction of sp³-hybridized carbons (Fsp3) is 0.786. The van der Waals surface area contributed by atoms with Gasteiger partial charge in [0.1, 0.15) is 0 Å². The standard InChI is InChI=1S/C14H25N3O/c1-13-10-15-17(11-13)9-4-2-3-7-16-8-5-6-14(16)12-18/h10-11,14,18H,2-9,12H2,1H3/t14-/m1/s1. The SMILES string of the molecule is Cc1cnn(CCCCCN2CCC[C@@H]2CO)c1. The summed E-state index contributed by atoms with van der Waals surface area (Å²) in [6.45, 7) is 5.74. The van der Waals surface area contributed by atoms with E-state index in [-0.39, 0.29) is 0 Å². The highest BCUT2D eigenvalue weighted by Crippen LogP contribution is 2.17. The molecule has 1 atom stereocenters. The van der Waals surface area contributed by atoms with E-state index in [1.54, 1.807) is 0 Å². The number of nitrogens with zero attached hydrogens (tertiary/aromatic N) is 3. The molecule has 1 aromatic heterocycles. The molecule has 0 spiro atoms. The van der Waals surface area contributed by atoms with Gasteiger partial charge in [0, 0.05) is 18.8 Å². The Labute approximate surface area is 110 Å². The van der Waals surface area contributed by atoms with E-state index in [9.17, 15) is 5.11 Å². The lowest BCUT2D eigenvalue weighted by Gasteiger charge is -2.22. The Hall–Kier alpha value is -0.870. The van der Waals surface area contributed by atoms with Crippen LogP contribution < -0.4 is 0 Å². The zero-order valence-electron chi connectivity index (χ0n) is 11.4. The van der Waals surface area contributed by atoms with Crippen LogP contribution in [0.1, 0.15) is 37.7 Å². The molecule has 4 nitrogen and oxygen atoms in total. The van der Waals surface area contributed by atoms with Gasteiger partial charge in [-0.05, 0) is 51.3 Å². The van der Waals surface area contributed by atoms with Crippen molar-refractivity contribution in [3.8, 4) is 0 Å². The fourth-order valence-electron chi connectivity index (χ4n) is 2.75. The summed E-state index contributed by atoms with van der Waals surface area (Å²) < 4.78 is 2.03. The molecule has 18 heavy (non-hydrogen) atoms. The minimum absolute atomic E-state index is 0.326. The maximum absolute atomic E-state index is 9.24. The zero-order valence-corrected chi connectivity index (χ0v) is 11.4. The van der Waals surface area contributed by atoms with Crippen LogP contribution in [-0.2, 0) is 6.54 Å². The topological polar surface area (TPSA) is 41.3 Å². The first-order valence-corrected chi connectivity index (χ1v) is 7.13. The molecular weight excluding hydrogens is 226 g/mol. The summed E-state index contributed by atoms with van der Waals surface area (Å²) in [5.74, 6) is 0. The van der Waals surface area contributed by atoms with Gasteiger partial charge in [-0.3, -0.25) is 9.58 Å². The van der Waals surface area contributed by atoms with Gasteiger partial charge in [0.2, 0.25) is 0 Å². The number of aliphatic hydroxyl groups is 1. The monoisotopic (exact) mass is 251 g/mol. The predicted molar refractivity (Wildman–Crippen MR) is 72.5 cm³/mol. The average Bonchev–Trinajstić information content (AvgIpc) is 2.97. The minimum Gasteiger partial charge on any atom is -0.395 e. The van der Waals surface area contributed by atoms with Gasteiger partial charge in [-0.2, -0.15) is 5.10 Å². The summed E-state index contributed by atoms with van der Waals surface area (Å²) in [4.78, 5) is 2.44. The maximum Gasteiger partial charge on any atom is 0.0586 e.